The van der Waals surface area contributed by atoms with Crippen LogP contribution in [0.25, 0.3) is 0 Å². The molecular weight excluding hydrogens is 358 g/mol. The second kappa shape index (κ2) is 7.78. The number of halogens is 1. The number of piperidine rings is 1. The van der Waals surface area contributed by atoms with Crippen LogP contribution >= 0.6 is 11.6 Å². The minimum Gasteiger partial charge on any atom is -0.506 e. The van der Waals surface area contributed by atoms with Crippen molar-refractivity contribution in [2.45, 2.75) is 31.7 Å². The van der Waals surface area contributed by atoms with Crippen molar-refractivity contribution >= 4 is 23.5 Å². The molecule has 7 nitrogen and oxygen atoms in total. The first-order chi connectivity index (χ1) is 12.4. The van der Waals surface area contributed by atoms with Crippen LogP contribution in [0.1, 0.15) is 30.0 Å². The minimum atomic E-state index is -0.937. The first-order valence-electron chi connectivity index (χ1n) is 8.42. The third-order valence-electron chi connectivity index (χ3n) is 4.52. The van der Waals surface area contributed by atoms with Gasteiger partial charge in [-0.05, 0) is 36.6 Å². The number of aromatic nitrogens is 2. The molecule has 1 aromatic carbocycles. The Balaban J connectivity index is 1.63. The summed E-state index contributed by atoms with van der Waals surface area (Å²) in [6, 6.07) is 6.60. The highest BCUT2D eigenvalue weighted by Gasteiger charge is 2.26. The first-order valence-corrected chi connectivity index (χ1v) is 8.80. The Labute approximate surface area is 155 Å². The molecule has 2 N–H and O–H groups in total. The largest absolute Gasteiger partial charge is 0.506 e. The Kier molecular flexibility index (Phi) is 5.46. The number of hydrogen-bond acceptors (Lipinski definition) is 4. The van der Waals surface area contributed by atoms with Crippen molar-refractivity contribution in [3.63, 3.8) is 0 Å². The van der Waals surface area contributed by atoms with Crippen LogP contribution in [0.4, 0.5) is 0 Å². The fraction of sp³-hybridized carbons (Fsp3) is 0.389. The monoisotopic (exact) mass is 377 g/mol. The molecule has 8 heteroatoms. The Hall–Kier alpha value is -2.54. The third-order valence-corrected chi connectivity index (χ3v) is 4.82. The number of rotatable bonds is 5. The van der Waals surface area contributed by atoms with Gasteiger partial charge in [0.2, 0.25) is 5.91 Å². The number of carbonyl (C=O) groups is 2. The molecular formula is C18H20ClN3O4. The van der Waals surface area contributed by atoms with Gasteiger partial charge in [0.1, 0.15) is 12.3 Å². The molecule has 26 heavy (non-hydrogen) atoms. The van der Waals surface area contributed by atoms with E-state index >= 15 is 0 Å². The summed E-state index contributed by atoms with van der Waals surface area (Å²) in [6.45, 7) is 1.09. The van der Waals surface area contributed by atoms with E-state index < -0.39 is 5.97 Å². The average Bonchev–Trinajstić information content (AvgIpc) is 3.06. The standard InChI is InChI=1S/C18H20ClN3O4/c19-14-8-12(3-4-16(14)23)9-17(24)21-6-1-2-13(10-21)15-5-7-22(20-15)11-18(25)26/h3-5,7-8,13,23H,1-2,6,9-11H2,(H,25,26)/t13-/m1/s1. The molecule has 0 unspecified atom stereocenters. The van der Waals surface area contributed by atoms with Gasteiger partial charge in [0.05, 0.1) is 17.1 Å². The lowest BCUT2D eigenvalue weighted by Crippen LogP contribution is -2.40. The SMILES string of the molecule is O=C(O)Cn1ccc([C@@H]2CCCN(C(=O)Cc3ccc(O)c(Cl)c3)C2)n1. The highest BCUT2D eigenvalue weighted by Crippen LogP contribution is 2.27. The number of phenolic OH excluding ortho intramolecular Hbond substituents is 1. The molecule has 138 valence electrons. The number of hydrogen-bond donors (Lipinski definition) is 2. The van der Waals surface area contributed by atoms with E-state index in [1.165, 1.54) is 10.7 Å². The van der Waals surface area contributed by atoms with Gasteiger partial charge in [-0.1, -0.05) is 17.7 Å². The van der Waals surface area contributed by atoms with Gasteiger partial charge in [-0.2, -0.15) is 5.10 Å². The van der Waals surface area contributed by atoms with Crippen molar-refractivity contribution in [1.29, 1.82) is 0 Å². The number of carboxylic acid groups (broad SMARTS) is 1. The molecule has 1 aliphatic rings. The normalized spacial score (nSPS) is 17.3. The number of benzene rings is 1. The van der Waals surface area contributed by atoms with Gasteiger partial charge in [0.25, 0.3) is 0 Å². The predicted octanol–water partition coefficient (Wildman–Crippen LogP) is 2.28. The van der Waals surface area contributed by atoms with Gasteiger partial charge in [0, 0.05) is 25.2 Å². The van der Waals surface area contributed by atoms with E-state index in [2.05, 4.69) is 5.10 Å². The predicted molar refractivity (Wildman–Crippen MR) is 95.2 cm³/mol. The fourth-order valence-electron chi connectivity index (χ4n) is 3.21. The lowest BCUT2D eigenvalue weighted by atomic mass is 9.94. The molecule has 0 bridgehead atoms. The summed E-state index contributed by atoms with van der Waals surface area (Å²) in [5.74, 6) is -0.835. The molecule has 2 heterocycles. The quantitative estimate of drug-likeness (QED) is 0.833. The lowest BCUT2D eigenvalue weighted by molar-refractivity contribution is -0.138. The van der Waals surface area contributed by atoms with Gasteiger partial charge in [-0.25, -0.2) is 0 Å². The van der Waals surface area contributed by atoms with Gasteiger partial charge in [0.15, 0.2) is 0 Å². The van der Waals surface area contributed by atoms with Gasteiger partial charge < -0.3 is 15.1 Å². The first kappa shape index (κ1) is 18.3. The molecule has 0 radical (unpaired) electrons. The van der Waals surface area contributed by atoms with Gasteiger partial charge >= 0.3 is 5.97 Å². The number of nitrogens with zero attached hydrogens (tertiary/aromatic N) is 3. The summed E-state index contributed by atoms with van der Waals surface area (Å²) in [5.41, 5.74) is 1.57. The third kappa shape index (κ3) is 4.35. The van der Waals surface area contributed by atoms with Crippen LogP contribution in [-0.4, -0.2) is 49.9 Å². The summed E-state index contributed by atoms with van der Waals surface area (Å²) < 4.78 is 1.40. The van der Waals surface area contributed by atoms with Gasteiger partial charge in [-0.3, -0.25) is 14.3 Å². The van der Waals surface area contributed by atoms with Crippen LogP contribution in [0.2, 0.25) is 5.02 Å². The number of carboxylic acids is 1. The zero-order chi connectivity index (χ0) is 18.7. The van der Waals surface area contributed by atoms with Gasteiger partial charge in [-0.15, -0.1) is 0 Å². The van der Waals surface area contributed by atoms with Crippen molar-refractivity contribution in [3.8, 4) is 5.75 Å². The topological polar surface area (TPSA) is 95.7 Å². The van der Waals surface area contributed by atoms with Crippen molar-refractivity contribution in [3.05, 3.63) is 46.7 Å². The van der Waals surface area contributed by atoms with E-state index in [4.69, 9.17) is 16.7 Å². The van der Waals surface area contributed by atoms with Crippen molar-refractivity contribution in [1.82, 2.24) is 14.7 Å². The Bertz CT molecular complexity index is 821. The summed E-state index contributed by atoms with van der Waals surface area (Å²) in [4.78, 5) is 25.2. The molecule has 2 aromatic rings. The summed E-state index contributed by atoms with van der Waals surface area (Å²) in [7, 11) is 0. The zero-order valence-electron chi connectivity index (χ0n) is 14.1. The summed E-state index contributed by atoms with van der Waals surface area (Å²) >= 11 is 5.90. The molecule has 1 saturated heterocycles. The summed E-state index contributed by atoms with van der Waals surface area (Å²) in [5, 5.41) is 22.9. The van der Waals surface area contributed by atoms with Crippen LogP contribution in [-0.2, 0) is 22.6 Å². The number of aromatic hydroxyl groups is 1. The van der Waals surface area contributed by atoms with E-state index in [1.54, 1.807) is 18.3 Å². The van der Waals surface area contributed by atoms with Crippen LogP contribution in [0.5, 0.6) is 5.75 Å². The molecule has 0 saturated carbocycles. The number of phenols is 1. The second-order valence-corrected chi connectivity index (χ2v) is 6.88. The highest BCUT2D eigenvalue weighted by molar-refractivity contribution is 6.32. The van der Waals surface area contributed by atoms with Crippen molar-refractivity contribution in [2.24, 2.45) is 0 Å². The molecule has 1 aliphatic heterocycles. The molecule has 1 amide bonds. The molecule has 1 aromatic heterocycles. The smallest absolute Gasteiger partial charge is 0.325 e. The number of likely N-dealkylation sites (tertiary alicyclic amines) is 1. The molecule has 1 fully saturated rings. The number of carbonyl (C=O) groups excluding carboxylic acids is 1. The Morgan fingerprint density at radius 2 is 2.12 bits per heavy atom. The maximum Gasteiger partial charge on any atom is 0.325 e. The van der Waals surface area contributed by atoms with E-state index in [0.717, 1.165) is 24.1 Å². The summed E-state index contributed by atoms with van der Waals surface area (Å²) in [6.07, 6.45) is 3.67. The average molecular weight is 378 g/mol. The fourth-order valence-corrected chi connectivity index (χ4v) is 3.42. The molecule has 3 rings (SSSR count). The van der Waals surface area contributed by atoms with E-state index in [9.17, 15) is 14.7 Å². The van der Waals surface area contributed by atoms with Crippen LogP contribution < -0.4 is 0 Å². The molecule has 0 spiro atoms. The highest BCUT2D eigenvalue weighted by atomic mass is 35.5. The number of aliphatic carboxylic acids is 1. The molecule has 0 aliphatic carbocycles. The number of amides is 1. The zero-order valence-corrected chi connectivity index (χ0v) is 14.9. The maximum absolute atomic E-state index is 12.6. The Morgan fingerprint density at radius 3 is 2.85 bits per heavy atom. The second-order valence-electron chi connectivity index (χ2n) is 6.47. The Morgan fingerprint density at radius 1 is 1.31 bits per heavy atom. The van der Waals surface area contributed by atoms with Crippen molar-refractivity contribution in [2.75, 3.05) is 13.1 Å². The minimum absolute atomic E-state index is 0.00132. The van der Waals surface area contributed by atoms with E-state index in [0.29, 0.717) is 13.1 Å². The van der Waals surface area contributed by atoms with E-state index in [-0.39, 0.29) is 35.6 Å². The van der Waals surface area contributed by atoms with E-state index in [1.807, 2.05) is 11.0 Å². The van der Waals surface area contributed by atoms with Crippen LogP contribution in [0, 0.1) is 0 Å². The van der Waals surface area contributed by atoms with Crippen LogP contribution in [0.15, 0.2) is 30.5 Å². The van der Waals surface area contributed by atoms with Crippen molar-refractivity contribution < 1.29 is 19.8 Å². The maximum atomic E-state index is 12.6. The lowest BCUT2D eigenvalue weighted by Gasteiger charge is -2.32. The van der Waals surface area contributed by atoms with Crippen LogP contribution in [0.3, 0.4) is 0 Å². The molecule has 1 atom stereocenters.